The van der Waals surface area contributed by atoms with Crippen LogP contribution in [0.25, 0.3) is 10.6 Å². The van der Waals surface area contributed by atoms with Gasteiger partial charge in [-0.2, -0.15) is 0 Å². The van der Waals surface area contributed by atoms with Gasteiger partial charge in [-0.3, -0.25) is 0 Å². The number of hydrogen-bond donors (Lipinski definition) is 2. The van der Waals surface area contributed by atoms with Gasteiger partial charge in [-0.05, 0) is 12.0 Å². The monoisotopic (exact) mass is 311 g/mol. The lowest BCUT2D eigenvalue weighted by Gasteiger charge is -2.16. The van der Waals surface area contributed by atoms with Crippen molar-refractivity contribution < 1.29 is 9.90 Å². The van der Waals surface area contributed by atoms with Gasteiger partial charge in [0.1, 0.15) is 6.04 Å². The predicted molar refractivity (Wildman–Crippen MR) is 80.2 cm³/mol. The maximum Gasteiger partial charge on any atom is 0.326 e. The molecule has 1 heterocycles. The number of halogens is 1. The van der Waals surface area contributed by atoms with E-state index in [-0.39, 0.29) is 5.92 Å². The van der Waals surface area contributed by atoms with Crippen molar-refractivity contribution in [1.82, 2.24) is 10.2 Å². The molecule has 106 valence electrons. The Morgan fingerprint density at radius 1 is 1.35 bits per heavy atom. The van der Waals surface area contributed by atoms with Gasteiger partial charge < -0.3 is 10.4 Å². The molecule has 2 aromatic rings. The van der Waals surface area contributed by atoms with Crippen LogP contribution in [0.5, 0.6) is 0 Å². The maximum atomic E-state index is 11.1. The highest BCUT2D eigenvalue weighted by Gasteiger charge is 2.22. The van der Waals surface area contributed by atoms with Gasteiger partial charge in [-0.15, -0.1) is 10.2 Å². The minimum absolute atomic E-state index is 0.0554. The fourth-order valence-electron chi connectivity index (χ4n) is 1.67. The molecule has 0 saturated carbocycles. The van der Waals surface area contributed by atoms with E-state index in [9.17, 15) is 4.79 Å². The normalized spacial score (nSPS) is 12.4. The van der Waals surface area contributed by atoms with Crippen molar-refractivity contribution in [3.63, 3.8) is 0 Å². The second-order valence-electron chi connectivity index (χ2n) is 4.60. The first-order valence-corrected chi connectivity index (χ1v) is 7.26. The minimum Gasteiger partial charge on any atom is -0.480 e. The first kappa shape index (κ1) is 14.7. The van der Waals surface area contributed by atoms with Crippen LogP contribution in [0.3, 0.4) is 0 Å². The van der Waals surface area contributed by atoms with Crippen molar-refractivity contribution in [2.75, 3.05) is 5.32 Å². The van der Waals surface area contributed by atoms with Crippen molar-refractivity contribution in [2.24, 2.45) is 5.92 Å². The highest BCUT2D eigenvalue weighted by molar-refractivity contribution is 7.18. The Hall–Kier alpha value is -1.66. The zero-order valence-corrected chi connectivity index (χ0v) is 12.6. The summed E-state index contributed by atoms with van der Waals surface area (Å²) < 4.78 is 0. The smallest absolute Gasteiger partial charge is 0.326 e. The Bertz CT molecular complexity index is 615. The summed E-state index contributed by atoms with van der Waals surface area (Å²) in [4.78, 5) is 11.1. The molecular formula is C13H14ClN3O2S. The number of hydrogen-bond acceptors (Lipinski definition) is 5. The topological polar surface area (TPSA) is 75.1 Å². The lowest BCUT2D eigenvalue weighted by Crippen LogP contribution is -2.34. The number of aromatic nitrogens is 2. The Labute approximate surface area is 125 Å². The third-order valence-electron chi connectivity index (χ3n) is 2.74. The molecule has 0 aliphatic rings. The Balaban J connectivity index is 2.21. The van der Waals surface area contributed by atoms with E-state index in [1.807, 2.05) is 32.0 Å². The lowest BCUT2D eigenvalue weighted by atomic mass is 10.1. The summed E-state index contributed by atoms with van der Waals surface area (Å²) in [5, 5.41) is 21.8. The van der Waals surface area contributed by atoms with Crippen LogP contribution in [0.1, 0.15) is 13.8 Å². The molecule has 0 saturated heterocycles. The summed E-state index contributed by atoms with van der Waals surface area (Å²) in [6, 6.07) is 6.64. The number of carboxylic acid groups (broad SMARTS) is 1. The van der Waals surface area contributed by atoms with E-state index in [0.29, 0.717) is 15.2 Å². The summed E-state index contributed by atoms with van der Waals surface area (Å²) in [5.74, 6) is -0.963. The Kier molecular flexibility index (Phi) is 4.57. The van der Waals surface area contributed by atoms with Crippen LogP contribution in [0, 0.1) is 5.92 Å². The van der Waals surface area contributed by atoms with Gasteiger partial charge in [0.15, 0.2) is 5.01 Å². The molecule has 7 heteroatoms. The van der Waals surface area contributed by atoms with Gasteiger partial charge >= 0.3 is 5.97 Å². The second-order valence-corrected chi connectivity index (χ2v) is 5.98. The van der Waals surface area contributed by atoms with Gasteiger partial charge in [-0.25, -0.2) is 4.79 Å². The number of anilines is 1. The van der Waals surface area contributed by atoms with Crippen LogP contribution >= 0.6 is 22.9 Å². The molecule has 0 fully saturated rings. The van der Waals surface area contributed by atoms with Crippen molar-refractivity contribution in [3.8, 4) is 10.6 Å². The first-order valence-electron chi connectivity index (χ1n) is 6.06. The number of carbonyl (C=O) groups is 1. The summed E-state index contributed by atoms with van der Waals surface area (Å²) in [6.45, 7) is 3.67. The molecule has 1 aromatic carbocycles. The molecule has 20 heavy (non-hydrogen) atoms. The number of aliphatic carboxylic acids is 1. The third-order valence-corrected chi connectivity index (χ3v) is 3.96. The molecule has 0 amide bonds. The molecule has 5 nitrogen and oxygen atoms in total. The van der Waals surface area contributed by atoms with Gasteiger partial charge in [0, 0.05) is 5.56 Å². The van der Waals surface area contributed by atoms with Gasteiger partial charge in [-0.1, -0.05) is 55.0 Å². The van der Waals surface area contributed by atoms with E-state index in [1.165, 1.54) is 11.3 Å². The molecule has 0 aliphatic carbocycles. The molecule has 1 atom stereocenters. The van der Waals surface area contributed by atoms with Crippen molar-refractivity contribution in [1.29, 1.82) is 0 Å². The number of carboxylic acids is 1. The molecule has 0 aliphatic heterocycles. The van der Waals surface area contributed by atoms with Gasteiger partial charge in [0.05, 0.1) is 5.02 Å². The van der Waals surface area contributed by atoms with E-state index in [0.717, 1.165) is 5.56 Å². The molecule has 2 N–H and O–H groups in total. The largest absolute Gasteiger partial charge is 0.480 e. The molecule has 0 radical (unpaired) electrons. The summed E-state index contributed by atoms with van der Waals surface area (Å²) in [5.41, 5.74) is 0.788. The zero-order valence-electron chi connectivity index (χ0n) is 11.0. The van der Waals surface area contributed by atoms with Crippen molar-refractivity contribution >= 4 is 34.0 Å². The number of nitrogens with zero attached hydrogens (tertiary/aromatic N) is 2. The fourth-order valence-corrected chi connectivity index (χ4v) is 2.77. The highest BCUT2D eigenvalue weighted by Crippen LogP contribution is 2.32. The van der Waals surface area contributed by atoms with Gasteiger partial charge in [0.25, 0.3) is 0 Å². The quantitative estimate of drug-likeness (QED) is 0.885. The highest BCUT2D eigenvalue weighted by atomic mass is 35.5. The van der Waals surface area contributed by atoms with E-state index >= 15 is 0 Å². The number of nitrogens with one attached hydrogen (secondary N) is 1. The molecule has 0 spiro atoms. The van der Waals surface area contributed by atoms with Crippen LogP contribution in [0.2, 0.25) is 5.02 Å². The Morgan fingerprint density at radius 3 is 2.65 bits per heavy atom. The van der Waals surface area contributed by atoms with Crippen LogP contribution in [0.15, 0.2) is 24.3 Å². The van der Waals surface area contributed by atoms with Crippen LogP contribution in [0.4, 0.5) is 5.13 Å². The van der Waals surface area contributed by atoms with E-state index in [1.54, 1.807) is 6.07 Å². The summed E-state index contributed by atoms with van der Waals surface area (Å²) in [7, 11) is 0. The number of rotatable bonds is 5. The zero-order chi connectivity index (χ0) is 14.7. The SMILES string of the molecule is CC(C)[C@H](Nc1nnc(-c2ccccc2Cl)s1)C(=O)O. The van der Waals surface area contributed by atoms with Crippen molar-refractivity contribution in [3.05, 3.63) is 29.3 Å². The molecular weight excluding hydrogens is 298 g/mol. The standard InChI is InChI=1S/C13H14ClN3O2S/c1-7(2)10(12(18)19)15-13-17-16-11(20-13)8-5-3-4-6-9(8)14/h3-7,10H,1-2H3,(H,15,17)(H,18,19)/t10-/m0/s1. The second kappa shape index (κ2) is 6.19. The van der Waals surface area contributed by atoms with Crippen LogP contribution in [-0.4, -0.2) is 27.3 Å². The van der Waals surface area contributed by atoms with E-state index < -0.39 is 12.0 Å². The third kappa shape index (κ3) is 3.26. The van der Waals surface area contributed by atoms with Crippen LogP contribution in [-0.2, 0) is 4.79 Å². The average molecular weight is 312 g/mol. The minimum atomic E-state index is -0.908. The van der Waals surface area contributed by atoms with E-state index in [4.69, 9.17) is 16.7 Å². The first-order chi connectivity index (χ1) is 9.49. The lowest BCUT2D eigenvalue weighted by molar-refractivity contribution is -0.138. The fraction of sp³-hybridized carbons (Fsp3) is 0.308. The summed E-state index contributed by atoms with van der Waals surface area (Å²) in [6.07, 6.45) is 0. The molecule has 0 unspecified atom stereocenters. The van der Waals surface area contributed by atoms with Crippen molar-refractivity contribution in [2.45, 2.75) is 19.9 Å². The molecule has 1 aromatic heterocycles. The summed E-state index contributed by atoms with van der Waals surface area (Å²) >= 11 is 7.38. The average Bonchev–Trinajstić information content (AvgIpc) is 2.84. The van der Waals surface area contributed by atoms with E-state index in [2.05, 4.69) is 15.5 Å². The van der Waals surface area contributed by atoms with Gasteiger partial charge in [0.2, 0.25) is 5.13 Å². The maximum absolute atomic E-state index is 11.1. The molecule has 0 bridgehead atoms. The predicted octanol–water partition coefficient (Wildman–Crippen LogP) is 3.38. The Morgan fingerprint density at radius 2 is 2.05 bits per heavy atom. The molecule has 2 rings (SSSR count). The number of benzene rings is 1. The van der Waals surface area contributed by atoms with Crippen LogP contribution < -0.4 is 5.32 Å².